The van der Waals surface area contributed by atoms with E-state index in [0.29, 0.717) is 18.1 Å². The van der Waals surface area contributed by atoms with Crippen LogP contribution in [0.1, 0.15) is 17.0 Å². The lowest BCUT2D eigenvalue weighted by Crippen LogP contribution is -2.61. The molecule has 1 saturated heterocycles. The summed E-state index contributed by atoms with van der Waals surface area (Å²) in [6, 6.07) is 12.2. The molecule has 1 fully saturated rings. The van der Waals surface area contributed by atoms with Crippen molar-refractivity contribution < 1.29 is 44.2 Å². The van der Waals surface area contributed by atoms with Gasteiger partial charge in [-0.3, -0.25) is 0 Å². The maximum absolute atomic E-state index is 11.8. The van der Waals surface area contributed by atoms with E-state index < -0.39 is 36.7 Å². The molecule has 0 unspecified atom stereocenters. The van der Waals surface area contributed by atoms with E-state index >= 15 is 0 Å². The molecule has 0 radical (unpaired) electrons. The zero-order valence-corrected chi connectivity index (χ0v) is 16.7. The molecule has 2 heterocycles. The highest BCUT2D eigenvalue weighted by atomic mass is 16.7. The van der Waals surface area contributed by atoms with E-state index in [1.807, 2.05) is 18.2 Å². The van der Waals surface area contributed by atoms with Gasteiger partial charge in [0.25, 0.3) is 0 Å². The van der Waals surface area contributed by atoms with Crippen molar-refractivity contribution in [3.63, 3.8) is 0 Å². The number of fused-ring (bicyclic) bond motifs is 1. The Balaban J connectivity index is 1.47. The normalized spacial score (nSPS) is 30.1. The van der Waals surface area contributed by atoms with Gasteiger partial charge in [-0.25, -0.2) is 4.79 Å². The van der Waals surface area contributed by atoms with Gasteiger partial charge in [-0.2, -0.15) is 0 Å². The lowest BCUT2D eigenvalue weighted by Gasteiger charge is -2.39. The summed E-state index contributed by atoms with van der Waals surface area (Å²) in [5, 5.41) is 39.7. The first-order valence-corrected chi connectivity index (χ1v) is 9.86. The summed E-state index contributed by atoms with van der Waals surface area (Å²) in [5.74, 6) is 0.379. The number of phenolic OH excluding ortho intramolecular Hbond substituents is 1. The Morgan fingerprint density at radius 3 is 2.48 bits per heavy atom. The van der Waals surface area contributed by atoms with Crippen LogP contribution in [-0.4, -0.2) is 70.8 Å². The quantitative estimate of drug-likeness (QED) is 0.509. The van der Waals surface area contributed by atoms with E-state index in [9.17, 15) is 25.2 Å². The van der Waals surface area contributed by atoms with Crippen molar-refractivity contribution >= 4 is 5.97 Å². The van der Waals surface area contributed by atoms with E-state index in [-0.39, 0.29) is 11.7 Å². The molecule has 166 valence electrons. The van der Waals surface area contributed by atoms with Crippen LogP contribution in [0.15, 0.2) is 42.5 Å². The van der Waals surface area contributed by atoms with Crippen LogP contribution in [-0.2, 0) is 20.7 Å². The number of methoxy groups -OCH3 is 1. The van der Waals surface area contributed by atoms with Crippen molar-refractivity contribution in [1.29, 1.82) is 0 Å². The van der Waals surface area contributed by atoms with Crippen LogP contribution in [0.3, 0.4) is 0 Å². The Kier molecular flexibility index (Phi) is 6.01. The molecule has 0 saturated carbocycles. The minimum Gasteiger partial charge on any atom is -0.508 e. The highest BCUT2D eigenvalue weighted by Crippen LogP contribution is 2.36. The molecule has 2 aromatic rings. The molecule has 2 aliphatic rings. The number of esters is 1. The van der Waals surface area contributed by atoms with Crippen molar-refractivity contribution in [2.75, 3.05) is 13.7 Å². The van der Waals surface area contributed by atoms with Gasteiger partial charge in [0.05, 0.1) is 13.7 Å². The van der Waals surface area contributed by atoms with Gasteiger partial charge in [-0.1, -0.05) is 18.2 Å². The number of aromatic hydroxyl groups is 1. The number of benzene rings is 2. The van der Waals surface area contributed by atoms with E-state index in [1.54, 1.807) is 24.3 Å². The second-order valence-electron chi connectivity index (χ2n) is 7.61. The Hall–Kier alpha value is -2.85. The summed E-state index contributed by atoms with van der Waals surface area (Å²) in [4.78, 5) is 11.8. The van der Waals surface area contributed by atoms with Crippen molar-refractivity contribution in [3.05, 3.63) is 53.6 Å². The molecular formula is C22H24O9. The number of hydrogen-bond acceptors (Lipinski definition) is 9. The Labute approximate surface area is 178 Å². The monoisotopic (exact) mass is 432 g/mol. The first kappa shape index (κ1) is 21.4. The fourth-order valence-electron chi connectivity index (χ4n) is 3.78. The lowest BCUT2D eigenvalue weighted by atomic mass is 9.90. The predicted octanol–water partition coefficient (Wildman–Crippen LogP) is 0.470. The van der Waals surface area contributed by atoms with Gasteiger partial charge in [-0.15, -0.1) is 0 Å². The van der Waals surface area contributed by atoms with Gasteiger partial charge in [0.1, 0.15) is 35.6 Å². The van der Waals surface area contributed by atoms with Crippen LogP contribution in [0, 0.1) is 0 Å². The third-order valence-electron chi connectivity index (χ3n) is 5.56. The molecule has 31 heavy (non-hydrogen) atoms. The van der Waals surface area contributed by atoms with Gasteiger partial charge in [0.2, 0.25) is 6.29 Å². The smallest absolute Gasteiger partial charge is 0.337 e. The summed E-state index contributed by atoms with van der Waals surface area (Å²) >= 11 is 0. The molecule has 0 aromatic heterocycles. The maximum Gasteiger partial charge on any atom is 0.337 e. The van der Waals surface area contributed by atoms with Crippen LogP contribution >= 0.6 is 0 Å². The molecule has 4 rings (SSSR count). The van der Waals surface area contributed by atoms with Crippen LogP contribution in [0.5, 0.6) is 17.2 Å². The summed E-state index contributed by atoms with van der Waals surface area (Å²) in [6.45, 7) is 0.444. The van der Waals surface area contributed by atoms with Gasteiger partial charge >= 0.3 is 5.97 Å². The molecule has 0 spiro atoms. The van der Waals surface area contributed by atoms with E-state index in [2.05, 4.69) is 4.74 Å². The molecule has 9 heteroatoms. The number of rotatable bonds is 4. The summed E-state index contributed by atoms with van der Waals surface area (Å²) in [7, 11) is 1.12. The van der Waals surface area contributed by atoms with Crippen molar-refractivity contribution in [1.82, 2.24) is 0 Å². The van der Waals surface area contributed by atoms with Crippen molar-refractivity contribution in [2.45, 2.75) is 43.0 Å². The molecule has 4 N–H and O–H groups in total. The number of carbonyl (C=O) groups excluding carboxylic acids is 1. The first-order chi connectivity index (χ1) is 14.9. The maximum atomic E-state index is 11.8. The first-order valence-electron chi connectivity index (χ1n) is 9.86. The Morgan fingerprint density at radius 2 is 1.77 bits per heavy atom. The van der Waals surface area contributed by atoms with Gasteiger partial charge < -0.3 is 39.4 Å². The minimum atomic E-state index is -1.65. The summed E-state index contributed by atoms with van der Waals surface area (Å²) in [5.41, 5.74) is 2.02. The van der Waals surface area contributed by atoms with E-state index in [0.717, 1.165) is 24.7 Å². The summed E-state index contributed by atoms with van der Waals surface area (Å²) < 4.78 is 21.4. The average molecular weight is 432 g/mol. The number of aliphatic hydroxyl groups is 3. The number of hydrogen-bond donors (Lipinski definition) is 4. The molecule has 2 aliphatic heterocycles. The second-order valence-corrected chi connectivity index (χ2v) is 7.61. The number of phenols is 1. The Morgan fingerprint density at radius 1 is 1.03 bits per heavy atom. The highest BCUT2D eigenvalue weighted by Gasteiger charge is 2.48. The summed E-state index contributed by atoms with van der Waals surface area (Å²) in [6.07, 6.45) is -7.03. The van der Waals surface area contributed by atoms with Crippen molar-refractivity contribution in [2.24, 2.45) is 0 Å². The van der Waals surface area contributed by atoms with Gasteiger partial charge in [0, 0.05) is 12.0 Å². The SMILES string of the molecule is COC(=O)[C@@H]1O[C@@H](Oc2ccc3c(c2)OC[C@H](c2ccc(O)cc2)C3)[C@@H](O)[C@@H](O)[C@@H]1O. The van der Waals surface area contributed by atoms with Gasteiger partial charge in [0.15, 0.2) is 6.10 Å². The van der Waals surface area contributed by atoms with E-state index in [4.69, 9.17) is 14.2 Å². The average Bonchev–Trinajstić information content (AvgIpc) is 2.79. The minimum absolute atomic E-state index is 0.140. The van der Waals surface area contributed by atoms with Crippen LogP contribution in [0.4, 0.5) is 0 Å². The fourth-order valence-corrected chi connectivity index (χ4v) is 3.78. The van der Waals surface area contributed by atoms with Crippen LogP contribution < -0.4 is 9.47 Å². The number of aliphatic hydroxyl groups excluding tert-OH is 3. The second kappa shape index (κ2) is 8.72. The lowest BCUT2D eigenvalue weighted by molar-refractivity contribution is -0.271. The number of carbonyl (C=O) groups is 1. The van der Waals surface area contributed by atoms with Crippen LogP contribution in [0.25, 0.3) is 0 Å². The molecule has 6 atom stereocenters. The molecule has 0 aliphatic carbocycles. The molecule has 2 aromatic carbocycles. The zero-order valence-electron chi connectivity index (χ0n) is 16.7. The third-order valence-corrected chi connectivity index (χ3v) is 5.56. The topological polar surface area (TPSA) is 135 Å². The highest BCUT2D eigenvalue weighted by molar-refractivity contribution is 5.75. The number of ether oxygens (including phenoxy) is 4. The fraction of sp³-hybridized carbons (Fsp3) is 0.409. The molecule has 0 amide bonds. The standard InChI is InChI=1S/C22H24O9/c1-28-21(27)20-18(25)17(24)19(26)22(31-20)30-15-7-4-12-8-13(10-29-16(12)9-15)11-2-5-14(23)6-3-11/h2-7,9,13,17-20,22-26H,8,10H2,1H3/t13-,17+,18+,19+,20-,22-/m1/s1. The third kappa shape index (κ3) is 4.31. The Bertz CT molecular complexity index is 929. The molecule has 0 bridgehead atoms. The van der Waals surface area contributed by atoms with Crippen molar-refractivity contribution in [3.8, 4) is 17.2 Å². The predicted molar refractivity (Wildman–Crippen MR) is 106 cm³/mol. The van der Waals surface area contributed by atoms with E-state index in [1.165, 1.54) is 0 Å². The molecular weight excluding hydrogens is 408 g/mol. The molecule has 9 nitrogen and oxygen atoms in total. The largest absolute Gasteiger partial charge is 0.508 e. The van der Waals surface area contributed by atoms with Crippen LogP contribution in [0.2, 0.25) is 0 Å². The zero-order chi connectivity index (χ0) is 22.1. The van der Waals surface area contributed by atoms with Gasteiger partial charge in [-0.05, 0) is 35.7 Å².